The molecule has 3 heterocycles. The highest BCUT2D eigenvalue weighted by Crippen LogP contribution is 2.69. The van der Waals surface area contributed by atoms with Crippen LogP contribution in [0.5, 0.6) is 11.5 Å². The summed E-state index contributed by atoms with van der Waals surface area (Å²) in [5, 5.41) is 17.1. The zero-order chi connectivity index (χ0) is 25.1. The van der Waals surface area contributed by atoms with Crippen molar-refractivity contribution in [2.75, 3.05) is 25.5 Å². The van der Waals surface area contributed by atoms with E-state index in [4.69, 9.17) is 14.5 Å². The van der Waals surface area contributed by atoms with Crippen molar-refractivity contribution in [1.29, 1.82) is 0 Å². The van der Waals surface area contributed by atoms with Gasteiger partial charge in [-0.2, -0.15) is 0 Å². The zero-order valence-corrected chi connectivity index (χ0v) is 21.2. The van der Waals surface area contributed by atoms with Gasteiger partial charge in [-0.1, -0.05) is 24.3 Å². The molecule has 7 nitrogen and oxygen atoms in total. The number of benzene rings is 2. The third kappa shape index (κ3) is 2.69. The number of amides is 1. The average molecular weight is 498 g/mol. The predicted octanol–water partition coefficient (Wildman–Crippen LogP) is 3.90. The number of carbonyl (C=O) groups is 1. The molecule has 2 fully saturated rings. The molecule has 2 N–H and O–H groups in total. The largest absolute Gasteiger partial charge is 0.493 e. The van der Waals surface area contributed by atoms with Gasteiger partial charge in [0.2, 0.25) is 5.91 Å². The lowest BCUT2D eigenvalue weighted by Crippen LogP contribution is -2.74. The number of piperidine rings is 1. The van der Waals surface area contributed by atoms with Crippen molar-refractivity contribution in [3.8, 4) is 11.5 Å². The number of carbonyl (C=O) groups excluding carboxylic acids is 1. The van der Waals surface area contributed by atoms with Gasteiger partial charge in [-0.3, -0.25) is 9.69 Å². The molecule has 3 aliphatic carbocycles. The highest BCUT2D eigenvalue weighted by atomic mass is 16.5. The summed E-state index contributed by atoms with van der Waals surface area (Å²) in [4.78, 5) is 20.1. The van der Waals surface area contributed by atoms with E-state index in [2.05, 4.69) is 16.3 Å². The van der Waals surface area contributed by atoms with Crippen LogP contribution in [0.3, 0.4) is 0 Å². The molecule has 190 valence electrons. The van der Waals surface area contributed by atoms with Gasteiger partial charge in [0.1, 0.15) is 0 Å². The number of pyridine rings is 1. The number of rotatable bonds is 4. The monoisotopic (exact) mass is 497 g/mol. The van der Waals surface area contributed by atoms with Gasteiger partial charge in [-0.05, 0) is 55.8 Å². The van der Waals surface area contributed by atoms with Gasteiger partial charge in [0.25, 0.3) is 0 Å². The Hall–Kier alpha value is -3.16. The summed E-state index contributed by atoms with van der Waals surface area (Å²) in [6, 6.07) is 12.1. The topological polar surface area (TPSA) is 83.9 Å². The minimum atomic E-state index is -1.06. The molecule has 0 radical (unpaired) electrons. The second-order valence-electron chi connectivity index (χ2n) is 11.7. The number of methoxy groups -OCH3 is 1. The Morgan fingerprint density at radius 3 is 2.89 bits per heavy atom. The van der Waals surface area contributed by atoms with E-state index >= 15 is 0 Å². The molecule has 5 aliphatic rings. The summed E-state index contributed by atoms with van der Waals surface area (Å²) < 4.78 is 12.6. The van der Waals surface area contributed by atoms with Gasteiger partial charge in [0.15, 0.2) is 17.6 Å². The molecule has 1 aromatic heterocycles. The van der Waals surface area contributed by atoms with Gasteiger partial charge in [0, 0.05) is 42.4 Å². The van der Waals surface area contributed by atoms with Crippen LogP contribution in [-0.2, 0) is 23.1 Å². The van der Waals surface area contributed by atoms with Crippen molar-refractivity contribution in [2.24, 2.45) is 5.92 Å². The van der Waals surface area contributed by atoms with Crippen LogP contribution in [0.25, 0.3) is 10.9 Å². The molecular weight excluding hydrogens is 466 g/mol. The quantitative estimate of drug-likeness (QED) is 0.569. The minimum Gasteiger partial charge on any atom is -0.493 e. The maximum Gasteiger partial charge on any atom is 0.221 e. The van der Waals surface area contributed by atoms with Crippen molar-refractivity contribution in [2.45, 2.75) is 62.2 Å². The van der Waals surface area contributed by atoms with Gasteiger partial charge in [-0.15, -0.1) is 0 Å². The molecule has 1 saturated heterocycles. The fourth-order valence-corrected chi connectivity index (χ4v) is 8.06. The number of ether oxygens (including phenoxy) is 2. The van der Waals surface area contributed by atoms with Crippen LogP contribution in [0.2, 0.25) is 0 Å². The Morgan fingerprint density at radius 2 is 2.11 bits per heavy atom. The molecule has 2 unspecified atom stereocenters. The Kier molecular flexibility index (Phi) is 4.28. The second-order valence-corrected chi connectivity index (χ2v) is 11.7. The van der Waals surface area contributed by atoms with Crippen molar-refractivity contribution in [3.05, 3.63) is 58.8 Å². The van der Waals surface area contributed by atoms with Gasteiger partial charge in [-0.25, -0.2) is 4.98 Å². The zero-order valence-electron chi connectivity index (χ0n) is 21.2. The molecular formula is C30H31N3O4. The standard InChI is InChI=1S/C30H31N3O4/c1-16(34)31-25-19-5-3-4-6-21(19)32-26-20(25)14-30(35)23-13-18-9-10-22(36-2)27-24(18)29(30,28(26)37-27)11-12-33(23)15-17-7-8-17/h3-6,9-10,17,23,28,35H,7-8,11-15H2,1-2H3,(H,31,32,34)/t23-,28?,29-,30?/m0/s1. The summed E-state index contributed by atoms with van der Waals surface area (Å²) in [6.45, 7) is 3.50. The number of nitrogens with one attached hydrogen (secondary N) is 1. The van der Waals surface area contributed by atoms with E-state index in [9.17, 15) is 9.90 Å². The number of aliphatic hydroxyl groups is 1. The van der Waals surface area contributed by atoms with Crippen LogP contribution in [0, 0.1) is 5.92 Å². The number of aromatic nitrogens is 1. The van der Waals surface area contributed by atoms with Crippen LogP contribution in [0.15, 0.2) is 36.4 Å². The second kappa shape index (κ2) is 7.23. The Balaban J connectivity index is 1.42. The first-order chi connectivity index (χ1) is 17.9. The number of likely N-dealkylation sites (tertiary alicyclic amines) is 1. The molecule has 7 heteroatoms. The third-order valence-electron chi connectivity index (χ3n) is 9.74. The predicted molar refractivity (Wildman–Crippen MR) is 139 cm³/mol. The van der Waals surface area contributed by atoms with E-state index in [0.29, 0.717) is 12.2 Å². The first kappa shape index (κ1) is 21.9. The normalized spacial score (nSPS) is 30.9. The van der Waals surface area contributed by atoms with Crippen molar-refractivity contribution >= 4 is 22.5 Å². The van der Waals surface area contributed by atoms with E-state index in [-0.39, 0.29) is 11.9 Å². The lowest BCUT2D eigenvalue weighted by molar-refractivity contribution is -0.173. The number of hydrogen-bond donors (Lipinski definition) is 2. The fourth-order valence-electron chi connectivity index (χ4n) is 8.06. The summed E-state index contributed by atoms with van der Waals surface area (Å²) in [7, 11) is 1.67. The van der Waals surface area contributed by atoms with Crippen LogP contribution >= 0.6 is 0 Å². The average Bonchev–Trinajstić information content (AvgIpc) is 3.63. The maximum absolute atomic E-state index is 13.1. The Bertz CT molecular complexity index is 1500. The number of hydrogen-bond acceptors (Lipinski definition) is 6. The van der Waals surface area contributed by atoms with E-state index in [1.165, 1.54) is 25.3 Å². The fraction of sp³-hybridized carbons (Fsp3) is 0.467. The van der Waals surface area contributed by atoms with Gasteiger partial charge < -0.3 is 19.9 Å². The summed E-state index contributed by atoms with van der Waals surface area (Å²) in [5.74, 6) is 2.05. The van der Waals surface area contributed by atoms with Crippen molar-refractivity contribution in [1.82, 2.24) is 9.88 Å². The van der Waals surface area contributed by atoms with Gasteiger partial charge >= 0.3 is 0 Å². The van der Waals surface area contributed by atoms with Crippen LogP contribution in [0.4, 0.5) is 5.69 Å². The maximum atomic E-state index is 13.1. The molecule has 1 spiro atoms. The summed E-state index contributed by atoms with van der Waals surface area (Å²) in [5.41, 5.74) is 3.99. The molecule has 2 aromatic carbocycles. The molecule has 1 amide bonds. The molecule has 2 aliphatic heterocycles. The first-order valence-electron chi connectivity index (χ1n) is 13.5. The van der Waals surface area contributed by atoms with Crippen molar-refractivity contribution in [3.63, 3.8) is 0 Å². The molecule has 1 saturated carbocycles. The lowest BCUT2D eigenvalue weighted by Gasteiger charge is -2.63. The lowest BCUT2D eigenvalue weighted by atomic mass is 9.48. The number of nitrogens with zero attached hydrogens (tertiary/aromatic N) is 2. The Labute approximate surface area is 215 Å². The van der Waals surface area contributed by atoms with Crippen LogP contribution in [-0.4, -0.2) is 52.7 Å². The summed E-state index contributed by atoms with van der Waals surface area (Å²) in [6.07, 6.45) is 4.11. The number of para-hydroxylation sites is 1. The van der Waals surface area contributed by atoms with Crippen LogP contribution in [0.1, 0.15) is 54.7 Å². The van der Waals surface area contributed by atoms with E-state index in [1.54, 1.807) is 7.11 Å². The third-order valence-corrected chi connectivity index (χ3v) is 9.74. The molecule has 8 rings (SSSR count). The molecule has 3 aromatic rings. The highest BCUT2D eigenvalue weighted by Gasteiger charge is 2.73. The summed E-state index contributed by atoms with van der Waals surface area (Å²) >= 11 is 0. The highest BCUT2D eigenvalue weighted by molar-refractivity contribution is 6.02. The van der Waals surface area contributed by atoms with E-state index in [1.807, 2.05) is 30.3 Å². The van der Waals surface area contributed by atoms with Gasteiger partial charge in [0.05, 0.1) is 35.0 Å². The smallest absolute Gasteiger partial charge is 0.221 e. The number of anilines is 1. The SMILES string of the molecule is COc1ccc2c3c1OC1c4nc5ccccc5c(NC(C)=O)c4CC4(O)[C@H](C2)N(CC2CC2)CC[C@]314. The first-order valence-corrected chi connectivity index (χ1v) is 13.5. The van der Waals surface area contributed by atoms with Crippen LogP contribution < -0.4 is 14.8 Å². The molecule has 2 bridgehead atoms. The Morgan fingerprint density at radius 1 is 1.27 bits per heavy atom. The molecule has 37 heavy (non-hydrogen) atoms. The van der Waals surface area contributed by atoms with E-state index < -0.39 is 17.1 Å². The van der Waals surface area contributed by atoms with Crippen molar-refractivity contribution < 1.29 is 19.4 Å². The van der Waals surface area contributed by atoms with E-state index in [0.717, 1.165) is 71.0 Å². The minimum absolute atomic E-state index is 0.0235. The number of fused-ring (bicyclic) bond motifs is 3. The molecule has 4 atom stereocenters.